The molecular weight excluding hydrogens is 284 g/mol. The third-order valence-corrected chi connectivity index (χ3v) is 5.19. The van der Waals surface area contributed by atoms with E-state index in [0.717, 1.165) is 24.8 Å². The Morgan fingerprint density at radius 3 is 1.62 bits per heavy atom. The maximum atomic E-state index is 6.45. The predicted octanol–water partition coefficient (Wildman–Crippen LogP) is -3.59. The zero-order valence-corrected chi connectivity index (χ0v) is 13.1. The van der Waals surface area contributed by atoms with Crippen LogP contribution in [0.25, 0.3) is 21.9 Å². The lowest BCUT2D eigenvalue weighted by molar-refractivity contribution is 0.423. The van der Waals surface area contributed by atoms with Gasteiger partial charge in [0.2, 0.25) is 0 Å². The summed E-state index contributed by atoms with van der Waals surface area (Å²) in [5, 5.41) is 1.15. The average molecular weight is 291 g/mol. The third kappa shape index (κ3) is 1.92. The van der Waals surface area contributed by atoms with E-state index >= 15 is 0 Å². The van der Waals surface area contributed by atoms with E-state index < -0.39 is 0 Å². The molecule has 1 nitrogen and oxygen atoms in total. The van der Waals surface area contributed by atoms with Gasteiger partial charge in [-0.1, -0.05) is 39.3 Å². The van der Waals surface area contributed by atoms with Gasteiger partial charge in [0.05, 0.1) is 0 Å². The lowest BCUT2D eigenvalue weighted by atomic mass is 9.62. The second kappa shape index (κ2) is 5.34. The smallest absolute Gasteiger partial charge is 0.127 e. The van der Waals surface area contributed by atoms with Gasteiger partial charge in [0.1, 0.15) is 66.1 Å². The van der Waals surface area contributed by atoms with E-state index in [2.05, 4.69) is 0 Å². The molecule has 1 fully saturated rings. The lowest BCUT2D eigenvalue weighted by Crippen LogP contribution is -2.47. The highest BCUT2D eigenvalue weighted by molar-refractivity contribution is 6.68. The maximum Gasteiger partial charge on any atom is 0.127 e. The second-order valence-corrected chi connectivity index (χ2v) is 6.45. The number of fused-ring (bicyclic) bond motifs is 3. The van der Waals surface area contributed by atoms with Gasteiger partial charge in [0.15, 0.2) is 0 Å². The molecule has 8 heteroatoms. The molecule has 0 aliphatic heterocycles. The van der Waals surface area contributed by atoms with Crippen molar-refractivity contribution in [3.05, 3.63) is 5.56 Å². The summed E-state index contributed by atoms with van der Waals surface area (Å²) < 4.78 is 5.85. The Morgan fingerprint density at radius 1 is 0.583 bits per heavy atom. The molecule has 1 aromatic heterocycles. The van der Waals surface area contributed by atoms with Gasteiger partial charge in [-0.2, -0.15) is 0 Å². The number of hydrogen-bond acceptors (Lipinski definition) is 1. The quantitative estimate of drug-likeness (QED) is 0.423. The van der Waals surface area contributed by atoms with Crippen LogP contribution >= 0.6 is 0 Å². The largest absolute Gasteiger partial charge is 0.457 e. The van der Waals surface area contributed by atoms with Crippen LogP contribution in [-0.2, 0) is 0 Å². The van der Waals surface area contributed by atoms with Gasteiger partial charge in [0, 0.05) is 10.8 Å². The Bertz CT molecular complexity index is 1020. The summed E-state index contributed by atoms with van der Waals surface area (Å²) in [6.45, 7) is 0. The number of benzene rings is 2. The first-order valence-corrected chi connectivity index (χ1v) is 7.78. The number of rotatable bonds is 1. The van der Waals surface area contributed by atoms with Gasteiger partial charge >= 0.3 is 0 Å². The molecule has 1 saturated carbocycles. The Morgan fingerprint density at radius 2 is 1.08 bits per heavy atom. The van der Waals surface area contributed by atoms with Crippen molar-refractivity contribution in [1.82, 2.24) is 0 Å². The maximum absolute atomic E-state index is 6.45. The van der Waals surface area contributed by atoms with Crippen LogP contribution < -0.4 is 38.2 Å². The van der Waals surface area contributed by atoms with Crippen molar-refractivity contribution in [1.29, 1.82) is 0 Å². The summed E-state index contributed by atoms with van der Waals surface area (Å²) in [4.78, 5) is 0. The fourth-order valence-electron chi connectivity index (χ4n) is 3.56. The highest BCUT2D eigenvalue weighted by Gasteiger charge is 2.27. The summed E-state index contributed by atoms with van der Waals surface area (Å²) in [5.74, 6) is 0.298. The fraction of sp³-hybridized carbons (Fsp3) is 0.250. The second-order valence-electron chi connectivity index (χ2n) is 6.45. The molecule has 0 amide bonds. The first kappa shape index (κ1) is 16.2. The molecule has 1 aliphatic carbocycles. The minimum absolute atomic E-state index is 0.184. The zero-order chi connectivity index (χ0) is 17.3. The SMILES string of the molecule is [B]c1c([B])c([B])c2c(oc3c([B])c([B])c(C4CCC4)c([B])c32)c1[B]. The molecule has 0 N–H and O–H groups in total. The molecule has 0 saturated heterocycles. The van der Waals surface area contributed by atoms with Crippen LogP contribution in [0.3, 0.4) is 0 Å². The molecule has 0 unspecified atom stereocenters. The van der Waals surface area contributed by atoms with Crippen molar-refractivity contribution in [3.8, 4) is 0 Å². The van der Waals surface area contributed by atoms with Crippen molar-refractivity contribution in [2.45, 2.75) is 25.2 Å². The van der Waals surface area contributed by atoms with Crippen molar-refractivity contribution in [3.63, 3.8) is 0 Å². The summed E-state index contributed by atoms with van der Waals surface area (Å²) in [5.41, 5.74) is 3.78. The van der Waals surface area contributed by atoms with E-state index in [1.54, 1.807) is 0 Å². The Kier molecular flexibility index (Phi) is 3.60. The molecule has 1 heterocycles. The molecule has 2 aromatic carbocycles. The Hall–Kier alpha value is -1.31. The van der Waals surface area contributed by atoms with E-state index in [9.17, 15) is 0 Å². The van der Waals surface area contributed by atoms with E-state index in [-0.39, 0.29) is 21.9 Å². The first-order chi connectivity index (χ1) is 11.3. The summed E-state index contributed by atoms with van der Waals surface area (Å²) in [6, 6.07) is 0. The van der Waals surface area contributed by atoms with Crippen molar-refractivity contribution in [2.24, 2.45) is 0 Å². The fourth-order valence-corrected chi connectivity index (χ4v) is 3.56. The third-order valence-electron chi connectivity index (χ3n) is 5.19. The minimum atomic E-state index is 0.184. The van der Waals surface area contributed by atoms with Crippen LogP contribution in [0.5, 0.6) is 0 Å². The molecule has 3 aromatic rings. The molecule has 0 atom stereocenters. The first-order valence-electron chi connectivity index (χ1n) is 7.78. The molecule has 24 heavy (non-hydrogen) atoms. The van der Waals surface area contributed by atoms with Crippen LogP contribution in [0.1, 0.15) is 30.7 Å². The van der Waals surface area contributed by atoms with Crippen LogP contribution in [0.15, 0.2) is 4.42 Å². The monoisotopic (exact) mass is 292 g/mol. The molecular formula is C16H7B7O. The predicted molar refractivity (Wildman–Crippen MR) is 108 cm³/mol. The minimum Gasteiger partial charge on any atom is -0.457 e. The van der Waals surface area contributed by atoms with E-state index in [1.807, 2.05) is 0 Å². The lowest BCUT2D eigenvalue weighted by Gasteiger charge is -2.31. The average Bonchev–Trinajstić information content (AvgIpc) is 2.92. The normalized spacial score (nSPS) is 15.2. The highest BCUT2D eigenvalue weighted by Crippen LogP contribution is 2.35. The van der Waals surface area contributed by atoms with E-state index in [4.69, 9.17) is 59.3 Å². The van der Waals surface area contributed by atoms with Crippen LogP contribution in [0.2, 0.25) is 0 Å². The summed E-state index contributed by atoms with van der Waals surface area (Å²) in [7, 11) is 43.0. The molecule has 0 spiro atoms. The summed E-state index contributed by atoms with van der Waals surface area (Å²) >= 11 is 0. The summed E-state index contributed by atoms with van der Waals surface area (Å²) in [6.07, 6.45) is 3.20. The van der Waals surface area contributed by atoms with Gasteiger partial charge in [-0.15, -0.1) is 10.9 Å². The van der Waals surface area contributed by atoms with Gasteiger partial charge in [-0.25, -0.2) is 0 Å². The van der Waals surface area contributed by atoms with Gasteiger partial charge < -0.3 is 4.42 Å². The molecule has 14 radical (unpaired) electrons. The molecule has 98 valence electrons. The number of hydrogen-bond donors (Lipinski definition) is 0. The van der Waals surface area contributed by atoms with Gasteiger partial charge in [-0.05, 0) is 18.8 Å². The molecule has 1 aliphatic rings. The van der Waals surface area contributed by atoms with Crippen LogP contribution in [0.4, 0.5) is 0 Å². The van der Waals surface area contributed by atoms with E-state index in [1.165, 1.54) is 0 Å². The topological polar surface area (TPSA) is 13.1 Å². The molecule has 0 bridgehead atoms. The van der Waals surface area contributed by atoms with Crippen LogP contribution in [-0.4, -0.2) is 54.9 Å². The number of furan rings is 1. The Labute approximate surface area is 150 Å². The van der Waals surface area contributed by atoms with E-state index in [0.29, 0.717) is 44.2 Å². The van der Waals surface area contributed by atoms with Gasteiger partial charge in [-0.3, -0.25) is 0 Å². The molecule has 4 rings (SSSR count). The highest BCUT2D eigenvalue weighted by atomic mass is 16.3. The van der Waals surface area contributed by atoms with Gasteiger partial charge in [0.25, 0.3) is 0 Å². The Balaban J connectivity index is 2.25. The van der Waals surface area contributed by atoms with Crippen molar-refractivity contribution in [2.75, 3.05) is 0 Å². The standard InChI is InChI=1S/C16H7B7O/c17-8-5(4-2-1-3-4)9(18)13(22)15-6(8)7-10(19)11(20)12(21)14(23)16(7)24-15/h4H,1-3H2. The van der Waals surface area contributed by atoms with Crippen molar-refractivity contribution < 1.29 is 4.42 Å². The zero-order valence-electron chi connectivity index (χ0n) is 13.1. The van der Waals surface area contributed by atoms with Crippen LogP contribution in [0, 0.1) is 0 Å². The van der Waals surface area contributed by atoms with Crippen molar-refractivity contribution >= 4 is 115 Å².